The molecule has 0 aromatic carbocycles. The maximum absolute atomic E-state index is 13.6. The van der Waals surface area contributed by atoms with Crippen molar-refractivity contribution in [3.8, 4) is 0 Å². The van der Waals surface area contributed by atoms with Gasteiger partial charge in [-0.1, -0.05) is 153 Å². The van der Waals surface area contributed by atoms with Crippen molar-refractivity contribution in [1.29, 1.82) is 0 Å². The molecule has 7 aliphatic carbocycles. The van der Waals surface area contributed by atoms with E-state index in [2.05, 4.69) is 112 Å². The topological polar surface area (TPSA) is 173 Å². The molecule has 92 heavy (non-hydrogen) atoms. The van der Waals surface area contributed by atoms with Crippen LogP contribution in [0.15, 0.2) is 59.8 Å². The average molecular weight is 1260 g/mol. The Balaban J connectivity index is 0.000000309. The molecule has 2 amide bonds. The van der Waals surface area contributed by atoms with Crippen LogP contribution in [0.4, 0.5) is 0 Å². The van der Waals surface area contributed by atoms with Crippen molar-refractivity contribution in [3.05, 3.63) is 59.8 Å². The van der Waals surface area contributed by atoms with Crippen LogP contribution >= 0.6 is 0 Å². The van der Waals surface area contributed by atoms with Gasteiger partial charge in [0.25, 0.3) is 0 Å². The molecule has 0 bridgehead atoms. The van der Waals surface area contributed by atoms with Gasteiger partial charge in [-0.25, -0.2) is 0 Å². The molecule has 0 aromatic rings. The van der Waals surface area contributed by atoms with Crippen LogP contribution in [0.25, 0.3) is 0 Å². The van der Waals surface area contributed by atoms with E-state index in [1.807, 2.05) is 0 Å². The smallest absolute Gasteiger partial charge is 0.0295 e. The third-order valence-electron chi connectivity index (χ3n) is 24.1. The quantitative estimate of drug-likeness (QED) is 0.0406. The number of rotatable bonds is 30. The Labute approximate surface area is 564 Å². The number of hydrogen-bond acceptors (Lipinski definition) is 7. The Morgan fingerprint density at radius 2 is 0.967 bits per heavy atom. The number of allylic oxidation sites excluding steroid dienone is 7. The van der Waals surface area contributed by atoms with E-state index in [1.54, 1.807) is 11.1 Å². The number of ketones is 3. The van der Waals surface area contributed by atoms with Gasteiger partial charge in [-0.15, -0.1) is 13.2 Å². The molecule has 0 aromatic heterocycles. The molecule has 0 spiro atoms. The molecule has 10 nitrogen and oxygen atoms in total. The van der Waals surface area contributed by atoms with Gasteiger partial charge < -0.3 is 10.8 Å². The number of fused-ring (bicyclic) bond motifs is 2. The summed E-state index contributed by atoms with van der Waals surface area (Å²) >= 11 is 0. The van der Waals surface area contributed by atoms with Gasteiger partial charge >= 0.3 is 149 Å². The molecule has 0 saturated heterocycles. The largest absolute Gasteiger partial charge is 0.100 e. The summed E-state index contributed by atoms with van der Waals surface area (Å²) in [5, 5.41) is 14.7. The number of carbonyl (C=O) groups excluding carboxylic acids is 5. The maximum Gasteiger partial charge on any atom is -0.0295 e. The van der Waals surface area contributed by atoms with Crippen molar-refractivity contribution in [3.63, 3.8) is 0 Å². The summed E-state index contributed by atoms with van der Waals surface area (Å²) in [6.45, 7) is 36.3. The minimum Gasteiger partial charge on any atom is -0.100 e. The number of nitrogens with two attached hydrogens (primary N) is 1. The minimum absolute atomic E-state index is 0.0135. The molecule has 10 unspecified atom stereocenters. The van der Waals surface area contributed by atoms with Crippen LogP contribution < -0.4 is 16.4 Å². The van der Waals surface area contributed by atoms with Crippen LogP contribution in [0.5, 0.6) is 0 Å². The predicted octanol–water partition coefficient (Wildman–Crippen LogP) is 17.1. The van der Waals surface area contributed by atoms with Gasteiger partial charge in [-0.2, -0.15) is 0 Å². The number of carboxylic acid groups (broad SMARTS) is 1. The fourth-order valence-corrected chi connectivity index (χ4v) is 18.4. The maximum atomic E-state index is 13.6. The van der Waals surface area contributed by atoms with Crippen molar-refractivity contribution in [2.24, 2.45) is 81.7 Å². The molecular weight excluding hydrogens is 1140 g/mol. The van der Waals surface area contributed by atoms with E-state index < -0.39 is 35.9 Å². The third-order valence-corrected chi connectivity index (χ3v) is 24.1. The number of Topliss-reactive ketones (excluding diaryl/α,β-unsaturated/α-hetero) is 3. The van der Waals surface area contributed by atoms with Crippen LogP contribution in [0.3, 0.4) is 0 Å². The summed E-state index contributed by atoms with van der Waals surface area (Å²) in [5.74, 6) is 4.64. The molecule has 0 aliphatic heterocycles. The van der Waals surface area contributed by atoms with Crippen LogP contribution in [0.1, 0.15) is 288 Å². The van der Waals surface area contributed by atoms with Gasteiger partial charge in [-0.05, 0) is 180 Å². The van der Waals surface area contributed by atoms with Gasteiger partial charge in [0, 0.05) is 19.3 Å². The summed E-state index contributed by atoms with van der Waals surface area (Å²) in [4.78, 5) is 77.4. The molecular formula is C79H127B3N3O7. The van der Waals surface area contributed by atoms with Crippen LogP contribution in [-0.4, -0.2) is 87.0 Å². The number of nitrogens with one attached hydrogen (secondary N) is 2. The van der Waals surface area contributed by atoms with Gasteiger partial charge in [-0.3, -0.25) is 14.4 Å². The van der Waals surface area contributed by atoms with E-state index in [0.717, 1.165) is 88.8 Å². The van der Waals surface area contributed by atoms with Crippen LogP contribution in [0, 0.1) is 75.9 Å². The second kappa shape index (κ2) is 38.2. The Morgan fingerprint density at radius 1 is 0.554 bits per heavy atom. The standard InChI is InChI=1S/C39H55B3N3O7.2C20H36/c1-22-16-25(4-7-28(22)40)19-34(46)31(43)10-13-37(49)44-32(35(47)20-26-5-8-29(41)23(2)17-26)11-14-38(50)45-33(12-15-39(51)52)36(48)21-27-6-9-30(42)24(3)18-27;2*1-6-17-11-8-14-20(5)18(12-13-19(17)20)16(4)10-7-9-15(2)3/h25-28,30-33H,1-21,43H2,(H,44,49)(H,45,50)(H,51,52);2*6,15-16,18-19H,7-14H2,1-5H3/b;2*17-6+/t25?,26?,27?,28-,30-,31?,32?,33?;2*16?,18?,19-,20+/m011/s1. The van der Waals surface area contributed by atoms with E-state index in [1.165, 1.54) is 103 Å². The van der Waals surface area contributed by atoms with E-state index in [9.17, 15) is 33.9 Å². The number of aliphatic carboxylic acids is 1. The van der Waals surface area contributed by atoms with Crippen molar-refractivity contribution in [1.82, 2.24) is 10.6 Å². The zero-order valence-corrected chi connectivity index (χ0v) is 59.8. The first-order valence-corrected chi connectivity index (χ1v) is 37.1. The first-order chi connectivity index (χ1) is 43.5. The van der Waals surface area contributed by atoms with E-state index >= 15 is 0 Å². The monoisotopic (exact) mass is 1260 g/mol. The Bertz CT molecular complexity index is 2500. The van der Waals surface area contributed by atoms with Crippen LogP contribution in [-0.2, 0) is 28.8 Å². The Hall–Kier alpha value is -3.86. The second-order valence-corrected chi connectivity index (χ2v) is 32.0. The molecule has 13 heteroatoms. The van der Waals surface area contributed by atoms with Crippen molar-refractivity contribution in [2.75, 3.05) is 0 Å². The fourth-order valence-electron chi connectivity index (χ4n) is 18.4. The molecule has 7 rings (SSSR count). The molecule has 0 heterocycles. The molecule has 5 N–H and O–H groups in total. The van der Waals surface area contributed by atoms with Crippen LogP contribution in [0.2, 0.25) is 11.6 Å². The molecule has 509 valence electrons. The average Bonchev–Trinajstić information content (AvgIpc) is 1.60. The van der Waals surface area contributed by atoms with E-state index in [4.69, 9.17) is 28.9 Å². The summed E-state index contributed by atoms with van der Waals surface area (Å²) in [6, 6.07) is -2.84. The van der Waals surface area contributed by atoms with Crippen molar-refractivity contribution < 1.29 is 33.9 Å². The van der Waals surface area contributed by atoms with E-state index in [0.29, 0.717) is 55.8 Å². The second-order valence-electron chi connectivity index (χ2n) is 32.0. The Kier molecular flexibility index (Phi) is 32.7. The van der Waals surface area contributed by atoms with Crippen molar-refractivity contribution in [2.45, 2.75) is 317 Å². The van der Waals surface area contributed by atoms with Crippen molar-refractivity contribution >= 4 is 63.8 Å². The number of hydrogen-bond donors (Lipinski definition) is 4. The predicted molar refractivity (Wildman–Crippen MR) is 385 cm³/mol. The Morgan fingerprint density at radius 3 is 1.37 bits per heavy atom. The molecule has 5 radical (unpaired) electrons. The first-order valence-electron chi connectivity index (χ1n) is 37.1. The number of carbonyl (C=O) groups is 6. The summed E-state index contributed by atoms with van der Waals surface area (Å²) in [6.07, 6.45) is 34.2. The third kappa shape index (κ3) is 23.8. The fraction of sp³-hybridized carbons (Fsp3) is 0.785. The number of amides is 2. The summed E-state index contributed by atoms with van der Waals surface area (Å²) in [7, 11) is 18.1. The van der Waals surface area contributed by atoms with E-state index in [-0.39, 0.29) is 98.1 Å². The molecule has 7 aliphatic rings. The van der Waals surface area contributed by atoms with Gasteiger partial charge in [0.2, 0.25) is 0 Å². The normalized spacial score (nSPS) is 30.6. The summed E-state index contributed by atoms with van der Waals surface area (Å²) < 4.78 is 0. The number of carboxylic acids is 1. The van der Waals surface area contributed by atoms with Gasteiger partial charge in [0.15, 0.2) is 5.78 Å². The summed E-state index contributed by atoms with van der Waals surface area (Å²) in [5.41, 5.74) is 14.3. The zero-order valence-electron chi connectivity index (χ0n) is 59.8. The minimum atomic E-state index is -1.09. The van der Waals surface area contributed by atoms with Gasteiger partial charge in [0.05, 0.1) is 15.7 Å². The molecule has 7 fully saturated rings. The molecule has 16 atom stereocenters. The SMILES string of the molecule is C/C=C1\CCC[C@@]2(C)C(C(C)CCCC(C)C)CC[C@H]12.C/C=C1\CCC[C@@]2(C)C(C(C)CCCC(C)C)CC[C@H]12.[B][C@H]1CCC(CC(=O)C(N)CCC(=O)NC(CCC(=O)NC(CCC(=O)O)C(=O)CC2CC[C@H]([B])C(=C)C2)C(=O)CC2CCC(=[B])C(=C)C2)CC1=C. The van der Waals surface area contributed by atoms with Gasteiger partial charge in [0.1, 0.15) is 5.78 Å². The first kappa shape index (κ1) is 78.8. The molecule has 7 saturated carbocycles. The zero-order chi connectivity index (χ0) is 68.0.